The van der Waals surface area contributed by atoms with Gasteiger partial charge in [0.2, 0.25) is 11.8 Å². The van der Waals surface area contributed by atoms with E-state index in [-0.39, 0.29) is 24.1 Å². The molecule has 44 heavy (non-hydrogen) atoms. The highest BCUT2D eigenvalue weighted by molar-refractivity contribution is 7.80. The van der Waals surface area contributed by atoms with Gasteiger partial charge >= 0.3 is 18.3 Å². The number of carbonyl (C=O) groups is 3. The van der Waals surface area contributed by atoms with Gasteiger partial charge in [-0.1, -0.05) is 30.3 Å². The summed E-state index contributed by atoms with van der Waals surface area (Å²) in [7, 11) is 1.23. The van der Waals surface area contributed by atoms with Crippen LogP contribution in [-0.4, -0.2) is 71.0 Å². The molecule has 2 amide bonds. The van der Waals surface area contributed by atoms with E-state index in [1.54, 1.807) is 30.3 Å². The minimum absolute atomic E-state index is 0.000951. The molecule has 2 aliphatic rings. The number of nitrogens with one attached hydrogen (secondary N) is 2. The monoisotopic (exact) mass is 644 g/mol. The number of hydrogen-bond donors (Lipinski definition) is 2. The minimum atomic E-state index is -5.06. The molecule has 0 aliphatic carbocycles. The average molecular weight is 645 g/mol. The molecule has 2 heterocycles. The first-order valence-corrected chi connectivity index (χ1v) is 14.2. The Labute approximate surface area is 254 Å². The van der Waals surface area contributed by atoms with Crippen LogP contribution < -0.4 is 10.6 Å². The largest absolute Gasteiger partial charge is 0.467 e. The van der Waals surface area contributed by atoms with E-state index in [0.29, 0.717) is 49.9 Å². The summed E-state index contributed by atoms with van der Waals surface area (Å²) in [6.07, 6.45) is -8.19. The van der Waals surface area contributed by atoms with Crippen LogP contribution in [-0.2, 0) is 37.9 Å². The Morgan fingerprint density at radius 2 is 1.48 bits per heavy atom. The van der Waals surface area contributed by atoms with Gasteiger partial charge in [-0.15, -0.1) is 0 Å². The fraction of sp³-hybridized carbons (Fsp3) is 0.448. The molecule has 0 spiro atoms. The van der Waals surface area contributed by atoms with Crippen molar-refractivity contribution in [1.82, 2.24) is 15.1 Å². The molecule has 2 N–H and O–H groups in total. The predicted octanol–water partition coefficient (Wildman–Crippen LogP) is 4.78. The molecule has 0 saturated carbocycles. The van der Waals surface area contributed by atoms with Crippen LogP contribution in [0.15, 0.2) is 48.5 Å². The van der Waals surface area contributed by atoms with Crippen molar-refractivity contribution in [3.05, 3.63) is 65.2 Å². The molecule has 1 unspecified atom stereocenters. The second-order valence-corrected chi connectivity index (χ2v) is 10.9. The van der Waals surface area contributed by atoms with Gasteiger partial charge in [0, 0.05) is 25.2 Å². The van der Waals surface area contributed by atoms with Crippen molar-refractivity contribution in [2.24, 2.45) is 0 Å². The molecule has 4 rings (SSSR count). The Kier molecular flexibility index (Phi) is 10.1. The molecular weight excluding hydrogens is 614 g/mol. The van der Waals surface area contributed by atoms with Gasteiger partial charge in [-0.25, -0.2) is 4.79 Å². The number of methoxy groups -OCH3 is 1. The number of nitrogens with zero attached hydrogens (tertiary/aromatic N) is 2. The highest BCUT2D eigenvalue weighted by Crippen LogP contribution is 2.37. The Hall–Kier alpha value is -3.88. The lowest BCUT2D eigenvalue weighted by Gasteiger charge is -2.33. The number of alkyl halides is 6. The van der Waals surface area contributed by atoms with E-state index >= 15 is 0 Å². The molecule has 2 aromatic rings. The van der Waals surface area contributed by atoms with Crippen molar-refractivity contribution in [3.63, 3.8) is 0 Å². The normalized spacial score (nSPS) is 19.4. The Morgan fingerprint density at radius 3 is 2.05 bits per heavy atom. The first-order valence-electron chi connectivity index (χ1n) is 13.8. The van der Waals surface area contributed by atoms with Crippen molar-refractivity contribution >= 4 is 40.8 Å². The average Bonchev–Trinajstić information content (AvgIpc) is 3.66. The maximum Gasteiger partial charge on any atom is 0.416 e. The molecule has 2 aliphatic heterocycles. The lowest BCUT2D eigenvalue weighted by Crippen LogP contribution is -2.56. The standard InChI is InChI=1S/C29H30F6N4O4S/c1-43-26(42)23-10-6-12-39(23)25(41)22-9-5-11-38(22)24(40)21(13-17-7-3-2-4-8-17)37-27(44)36-20-15-18(28(30,31)32)14-19(16-20)29(33,34)35/h2-4,7-8,14-16,21-23H,5-6,9-13H2,1H3,(H2,36,37,44)/t21-,22?,23+/m0/s1. The number of benzene rings is 2. The maximum absolute atomic E-state index is 13.9. The number of carbonyl (C=O) groups excluding carboxylic acids is 3. The van der Waals surface area contributed by atoms with Crippen molar-refractivity contribution < 1.29 is 45.5 Å². The zero-order valence-corrected chi connectivity index (χ0v) is 24.3. The minimum Gasteiger partial charge on any atom is -0.467 e. The number of likely N-dealkylation sites (tertiary alicyclic amines) is 2. The number of amides is 2. The zero-order chi connectivity index (χ0) is 32.2. The summed E-state index contributed by atoms with van der Waals surface area (Å²) in [4.78, 5) is 42.5. The third-order valence-electron chi connectivity index (χ3n) is 7.56. The first-order chi connectivity index (χ1) is 20.7. The lowest BCUT2D eigenvalue weighted by atomic mass is 10.0. The molecular formula is C29H30F6N4O4S. The van der Waals surface area contributed by atoms with E-state index in [1.165, 1.54) is 16.9 Å². The number of thiocarbonyl (C=S) groups is 1. The molecule has 15 heteroatoms. The molecule has 0 aromatic heterocycles. The topological polar surface area (TPSA) is 91.0 Å². The van der Waals surface area contributed by atoms with Gasteiger partial charge in [-0.2, -0.15) is 26.3 Å². The van der Waals surface area contributed by atoms with Gasteiger partial charge < -0.3 is 25.2 Å². The summed E-state index contributed by atoms with van der Waals surface area (Å²) < 4.78 is 85.0. The van der Waals surface area contributed by atoms with Crippen LogP contribution in [0, 0.1) is 0 Å². The summed E-state index contributed by atoms with van der Waals surface area (Å²) in [6.45, 7) is 0.551. The van der Waals surface area contributed by atoms with Gasteiger partial charge in [0.15, 0.2) is 5.11 Å². The third-order valence-corrected chi connectivity index (χ3v) is 7.78. The van der Waals surface area contributed by atoms with Crippen molar-refractivity contribution in [2.45, 2.75) is 62.6 Å². The second-order valence-electron chi connectivity index (χ2n) is 10.5. The van der Waals surface area contributed by atoms with E-state index in [4.69, 9.17) is 17.0 Å². The number of halogens is 6. The molecule has 3 atom stereocenters. The quantitative estimate of drug-likeness (QED) is 0.255. The Morgan fingerprint density at radius 1 is 0.909 bits per heavy atom. The van der Waals surface area contributed by atoms with Gasteiger partial charge in [0.25, 0.3) is 0 Å². The van der Waals surface area contributed by atoms with Gasteiger partial charge in [-0.3, -0.25) is 9.59 Å². The molecule has 0 radical (unpaired) electrons. The van der Waals surface area contributed by atoms with Gasteiger partial charge in [0.05, 0.1) is 18.2 Å². The van der Waals surface area contributed by atoms with Gasteiger partial charge in [0.1, 0.15) is 18.1 Å². The molecule has 238 valence electrons. The fourth-order valence-electron chi connectivity index (χ4n) is 5.49. The number of rotatable bonds is 7. The predicted molar refractivity (Wildman–Crippen MR) is 151 cm³/mol. The summed E-state index contributed by atoms with van der Waals surface area (Å²) >= 11 is 5.24. The van der Waals surface area contributed by atoms with E-state index in [9.17, 15) is 40.7 Å². The first kappa shape index (κ1) is 33.0. The highest BCUT2D eigenvalue weighted by atomic mass is 32.1. The third kappa shape index (κ3) is 7.79. The van der Waals surface area contributed by atoms with Crippen LogP contribution in [0.5, 0.6) is 0 Å². The summed E-state index contributed by atoms with van der Waals surface area (Å²) in [5, 5.41) is 4.71. The van der Waals surface area contributed by atoms with Crippen molar-refractivity contribution in [2.75, 3.05) is 25.5 Å². The van der Waals surface area contributed by atoms with Crippen LogP contribution in [0.4, 0.5) is 32.0 Å². The lowest BCUT2D eigenvalue weighted by molar-refractivity contribution is -0.154. The van der Waals surface area contributed by atoms with Crippen LogP contribution >= 0.6 is 12.2 Å². The second kappa shape index (κ2) is 13.4. The van der Waals surface area contributed by atoms with Crippen molar-refractivity contribution in [3.8, 4) is 0 Å². The highest BCUT2D eigenvalue weighted by Gasteiger charge is 2.44. The van der Waals surface area contributed by atoms with Crippen LogP contribution in [0.1, 0.15) is 42.4 Å². The summed E-state index contributed by atoms with van der Waals surface area (Å²) in [6, 6.07) is 6.91. The van der Waals surface area contributed by atoms with Gasteiger partial charge in [-0.05, 0) is 61.7 Å². The van der Waals surface area contributed by atoms with E-state index in [0.717, 1.165) is 0 Å². The number of ether oxygens (including phenoxy) is 1. The molecule has 0 bridgehead atoms. The number of anilines is 1. The molecule has 8 nitrogen and oxygen atoms in total. The van der Waals surface area contributed by atoms with E-state index < -0.39 is 65.1 Å². The Balaban J connectivity index is 1.57. The summed E-state index contributed by atoms with van der Waals surface area (Å²) in [5.41, 5.74) is -2.94. The van der Waals surface area contributed by atoms with Crippen LogP contribution in [0.2, 0.25) is 0 Å². The SMILES string of the molecule is COC(=O)[C@H]1CCCN1C(=O)C1CCCN1C(=O)[C@H](Cc1ccccc1)NC(=S)Nc1cc(C(F)(F)F)cc(C(F)(F)F)c1. The molecule has 2 fully saturated rings. The molecule has 2 saturated heterocycles. The zero-order valence-electron chi connectivity index (χ0n) is 23.5. The Bertz CT molecular complexity index is 1360. The maximum atomic E-state index is 13.9. The number of esters is 1. The smallest absolute Gasteiger partial charge is 0.416 e. The number of hydrogen-bond acceptors (Lipinski definition) is 5. The fourth-order valence-corrected chi connectivity index (χ4v) is 5.75. The molecule has 2 aromatic carbocycles. The summed E-state index contributed by atoms with van der Waals surface area (Å²) in [5.74, 6) is -1.48. The van der Waals surface area contributed by atoms with E-state index in [2.05, 4.69) is 10.6 Å². The van der Waals surface area contributed by atoms with Crippen LogP contribution in [0.3, 0.4) is 0 Å². The van der Waals surface area contributed by atoms with Crippen molar-refractivity contribution in [1.29, 1.82) is 0 Å². The van der Waals surface area contributed by atoms with Crippen LogP contribution in [0.25, 0.3) is 0 Å². The van der Waals surface area contributed by atoms with E-state index in [1.807, 2.05) is 0 Å².